The molecule has 0 atom stereocenters. The van der Waals surface area contributed by atoms with Crippen molar-refractivity contribution in [3.63, 3.8) is 0 Å². The number of nitrogens with zero attached hydrogens (tertiary/aromatic N) is 1. The maximum absolute atomic E-state index is 12.0. The van der Waals surface area contributed by atoms with Crippen molar-refractivity contribution in [1.29, 1.82) is 5.26 Å². The molecule has 1 N–H and O–H groups in total. The summed E-state index contributed by atoms with van der Waals surface area (Å²) in [6.07, 6.45) is 0.242. The molecule has 0 heterocycles. The summed E-state index contributed by atoms with van der Waals surface area (Å²) in [7, 11) is 0. The first-order valence-corrected chi connectivity index (χ1v) is 8.02. The van der Waals surface area contributed by atoms with Gasteiger partial charge in [-0.2, -0.15) is 5.26 Å². The second-order valence-electron chi connectivity index (χ2n) is 4.70. The van der Waals surface area contributed by atoms with E-state index in [1.54, 1.807) is 48.5 Å². The Labute approximate surface area is 143 Å². The van der Waals surface area contributed by atoms with Gasteiger partial charge < -0.3 is 5.32 Å². The number of thioether (sulfide) groups is 1. The Kier molecular flexibility index (Phi) is 6.21. The van der Waals surface area contributed by atoms with Crippen LogP contribution in [0.2, 0.25) is 5.02 Å². The topological polar surface area (TPSA) is 70.0 Å². The zero-order chi connectivity index (χ0) is 16.7. The number of nitrogens with one attached hydrogen (secondary N) is 1. The normalized spacial score (nSPS) is 9.91. The highest BCUT2D eigenvalue weighted by Gasteiger charge is 2.09. The van der Waals surface area contributed by atoms with Crippen LogP contribution in [0, 0.1) is 10.7 Å². The third kappa shape index (κ3) is 5.44. The van der Waals surface area contributed by atoms with Gasteiger partial charge >= 0.3 is 0 Å². The van der Waals surface area contributed by atoms with Gasteiger partial charge in [0.1, 0.15) is 5.40 Å². The van der Waals surface area contributed by atoms with Crippen LogP contribution in [-0.4, -0.2) is 11.7 Å². The van der Waals surface area contributed by atoms with Crippen LogP contribution in [0.25, 0.3) is 0 Å². The number of carbonyl (C=O) groups is 2. The SMILES string of the molecule is N#CSc1ccc(NC(=O)CCC(=O)c2ccc(Cl)cc2)cc1. The fourth-order valence-corrected chi connectivity index (χ4v) is 2.39. The molecule has 23 heavy (non-hydrogen) atoms. The standard InChI is InChI=1S/C17H13ClN2O2S/c18-13-3-1-12(2-4-13)16(21)9-10-17(22)20-14-5-7-15(8-6-14)23-11-19/h1-8H,9-10H2,(H,20,22). The lowest BCUT2D eigenvalue weighted by atomic mass is 10.1. The largest absolute Gasteiger partial charge is 0.326 e. The van der Waals surface area contributed by atoms with Crippen LogP contribution in [0.4, 0.5) is 5.69 Å². The fourth-order valence-electron chi connectivity index (χ4n) is 1.89. The maximum atomic E-state index is 12.0. The molecule has 0 fully saturated rings. The maximum Gasteiger partial charge on any atom is 0.224 e. The number of amides is 1. The summed E-state index contributed by atoms with van der Waals surface area (Å²) in [4.78, 5) is 24.7. The smallest absolute Gasteiger partial charge is 0.224 e. The minimum absolute atomic E-state index is 0.0995. The van der Waals surface area contributed by atoms with Crippen molar-refractivity contribution in [2.45, 2.75) is 17.7 Å². The van der Waals surface area contributed by atoms with Crippen molar-refractivity contribution in [2.24, 2.45) is 0 Å². The number of ketones is 1. The third-order valence-corrected chi connectivity index (χ3v) is 3.90. The number of hydrogen-bond acceptors (Lipinski definition) is 4. The van der Waals surface area contributed by atoms with Gasteiger partial charge in [-0.3, -0.25) is 9.59 Å². The van der Waals surface area contributed by atoms with Gasteiger partial charge in [-0.05, 0) is 60.3 Å². The van der Waals surface area contributed by atoms with E-state index >= 15 is 0 Å². The molecule has 0 aliphatic heterocycles. The number of hydrogen-bond donors (Lipinski definition) is 1. The van der Waals surface area contributed by atoms with Crippen molar-refractivity contribution < 1.29 is 9.59 Å². The summed E-state index contributed by atoms with van der Waals surface area (Å²) in [5, 5.41) is 13.8. The number of thiocyanates is 1. The fraction of sp³-hybridized carbons (Fsp3) is 0.118. The van der Waals surface area contributed by atoms with Crippen molar-refractivity contribution in [3.05, 3.63) is 59.1 Å². The number of carbonyl (C=O) groups excluding carboxylic acids is 2. The van der Waals surface area contributed by atoms with E-state index < -0.39 is 0 Å². The molecule has 0 spiro atoms. The molecule has 116 valence electrons. The monoisotopic (exact) mass is 344 g/mol. The average molecular weight is 345 g/mol. The van der Waals surface area contributed by atoms with E-state index in [0.717, 1.165) is 16.7 Å². The van der Waals surface area contributed by atoms with E-state index in [1.165, 1.54) is 0 Å². The van der Waals surface area contributed by atoms with Crippen molar-refractivity contribution in [3.8, 4) is 5.40 Å². The Morgan fingerprint density at radius 3 is 2.30 bits per heavy atom. The zero-order valence-corrected chi connectivity index (χ0v) is 13.7. The summed E-state index contributed by atoms with van der Waals surface area (Å²) >= 11 is 6.82. The van der Waals surface area contributed by atoms with Crippen LogP contribution < -0.4 is 5.32 Å². The van der Waals surface area contributed by atoms with Gasteiger partial charge in [0.15, 0.2) is 5.78 Å². The summed E-state index contributed by atoms with van der Waals surface area (Å²) < 4.78 is 0. The van der Waals surface area contributed by atoms with Gasteiger partial charge in [-0.25, -0.2) is 0 Å². The molecule has 0 radical (unpaired) electrons. The van der Waals surface area contributed by atoms with E-state index in [-0.39, 0.29) is 24.5 Å². The minimum atomic E-state index is -0.229. The Morgan fingerprint density at radius 2 is 1.70 bits per heavy atom. The van der Waals surface area contributed by atoms with Crippen LogP contribution >= 0.6 is 23.4 Å². The number of rotatable bonds is 6. The molecule has 0 saturated heterocycles. The molecule has 0 aromatic heterocycles. The van der Waals surface area contributed by atoms with Crippen molar-refractivity contribution in [2.75, 3.05) is 5.32 Å². The number of anilines is 1. The van der Waals surface area contributed by atoms with Crippen LogP contribution in [0.15, 0.2) is 53.4 Å². The van der Waals surface area contributed by atoms with Crippen LogP contribution in [0.1, 0.15) is 23.2 Å². The van der Waals surface area contributed by atoms with E-state index in [2.05, 4.69) is 5.32 Å². The Bertz CT molecular complexity index is 737. The van der Waals surface area contributed by atoms with Gasteiger partial charge in [0.05, 0.1) is 0 Å². The molecule has 1 amide bonds. The lowest BCUT2D eigenvalue weighted by Gasteiger charge is -2.05. The molecular weight excluding hydrogens is 332 g/mol. The van der Waals surface area contributed by atoms with E-state index in [1.807, 2.05) is 5.40 Å². The number of Topliss-reactive ketones (excluding diaryl/α,β-unsaturated/α-hetero) is 1. The minimum Gasteiger partial charge on any atom is -0.326 e. The van der Waals surface area contributed by atoms with Gasteiger partial charge in [0.2, 0.25) is 5.91 Å². The van der Waals surface area contributed by atoms with Gasteiger partial charge in [-0.1, -0.05) is 11.6 Å². The average Bonchev–Trinajstić information content (AvgIpc) is 2.55. The molecule has 0 unspecified atom stereocenters. The lowest BCUT2D eigenvalue weighted by Crippen LogP contribution is -2.13. The van der Waals surface area contributed by atoms with Gasteiger partial charge in [-0.15, -0.1) is 0 Å². The highest BCUT2D eigenvalue weighted by atomic mass is 35.5. The van der Waals surface area contributed by atoms with Crippen molar-refractivity contribution in [1.82, 2.24) is 0 Å². The zero-order valence-electron chi connectivity index (χ0n) is 12.1. The van der Waals surface area contributed by atoms with Crippen LogP contribution in [0.3, 0.4) is 0 Å². The highest BCUT2D eigenvalue weighted by Crippen LogP contribution is 2.19. The lowest BCUT2D eigenvalue weighted by molar-refractivity contribution is -0.116. The first-order valence-electron chi connectivity index (χ1n) is 6.83. The second-order valence-corrected chi connectivity index (χ2v) is 5.99. The predicted molar refractivity (Wildman–Crippen MR) is 91.6 cm³/mol. The Hall–Kier alpha value is -2.29. The molecule has 0 saturated carbocycles. The third-order valence-electron chi connectivity index (χ3n) is 3.05. The predicted octanol–water partition coefficient (Wildman–Crippen LogP) is 4.51. The Balaban J connectivity index is 1.84. The van der Waals surface area contributed by atoms with Gasteiger partial charge in [0.25, 0.3) is 0 Å². The number of nitriles is 1. The highest BCUT2D eigenvalue weighted by molar-refractivity contribution is 8.03. The summed E-state index contributed by atoms with van der Waals surface area (Å²) in [6, 6.07) is 13.5. The summed E-state index contributed by atoms with van der Waals surface area (Å²) in [6.45, 7) is 0. The molecule has 4 nitrogen and oxygen atoms in total. The first kappa shape index (κ1) is 17.1. The van der Waals surface area contributed by atoms with Crippen LogP contribution in [0.5, 0.6) is 0 Å². The van der Waals surface area contributed by atoms with Crippen LogP contribution in [-0.2, 0) is 4.79 Å². The molecule has 2 rings (SSSR count). The molecule has 0 aliphatic rings. The second kappa shape index (κ2) is 8.37. The van der Waals surface area contributed by atoms with E-state index in [4.69, 9.17) is 16.9 Å². The van der Waals surface area contributed by atoms with Crippen molar-refractivity contribution >= 4 is 40.7 Å². The van der Waals surface area contributed by atoms with Gasteiger partial charge in [0, 0.05) is 34.0 Å². The molecular formula is C17H13ClN2O2S. The van der Waals surface area contributed by atoms with E-state index in [9.17, 15) is 9.59 Å². The molecule has 2 aromatic carbocycles. The number of benzene rings is 2. The molecule has 6 heteroatoms. The Morgan fingerprint density at radius 1 is 1.04 bits per heavy atom. The molecule has 2 aromatic rings. The quantitative estimate of drug-likeness (QED) is 0.475. The number of halogens is 1. The first-order chi connectivity index (χ1) is 11.1. The molecule has 0 bridgehead atoms. The summed E-state index contributed by atoms with van der Waals surface area (Å²) in [5.74, 6) is -0.328. The van der Waals surface area contributed by atoms with E-state index in [0.29, 0.717) is 16.3 Å². The molecule has 0 aliphatic carbocycles. The summed E-state index contributed by atoms with van der Waals surface area (Å²) in [5.41, 5.74) is 1.18.